The molecule has 1 aliphatic heterocycles. The lowest BCUT2D eigenvalue weighted by atomic mass is 10.2. The number of aromatic hydroxyl groups is 1. The summed E-state index contributed by atoms with van der Waals surface area (Å²) in [6, 6.07) is 14.6. The molecule has 0 unspecified atom stereocenters. The fourth-order valence-electron chi connectivity index (χ4n) is 1.97. The van der Waals surface area contributed by atoms with Gasteiger partial charge in [-0.1, -0.05) is 35.9 Å². The Morgan fingerprint density at radius 2 is 1.86 bits per heavy atom. The van der Waals surface area contributed by atoms with Gasteiger partial charge < -0.3 is 10.4 Å². The number of benzene rings is 2. The molecule has 1 fully saturated rings. The Balaban J connectivity index is 1.84. The molecule has 5 heteroatoms. The summed E-state index contributed by atoms with van der Waals surface area (Å²) < 4.78 is 0. The highest BCUT2D eigenvalue weighted by Gasteiger charge is 2.24. The largest absolute Gasteiger partial charge is 0.507 e. The summed E-state index contributed by atoms with van der Waals surface area (Å²) in [5, 5.41) is 13.0. The molecule has 1 saturated heterocycles. The quantitative estimate of drug-likeness (QED) is 0.833. The van der Waals surface area contributed by atoms with Gasteiger partial charge in [0.2, 0.25) is 0 Å². The fraction of sp³-hybridized carbons (Fsp3) is 0.0588. The van der Waals surface area contributed by atoms with Crippen LogP contribution in [0, 0.1) is 6.92 Å². The average Bonchev–Trinajstić information content (AvgIpc) is 2.84. The number of rotatable bonds is 2. The first-order valence-electron chi connectivity index (χ1n) is 6.76. The highest BCUT2D eigenvalue weighted by atomic mass is 32.2. The minimum Gasteiger partial charge on any atom is -0.507 e. The fourth-order valence-corrected chi connectivity index (χ4v) is 2.80. The Kier molecular flexibility index (Phi) is 3.98. The van der Waals surface area contributed by atoms with Crippen molar-refractivity contribution in [3.05, 3.63) is 64.6 Å². The molecule has 1 heterocycles. The maximum absolute atomic E-state index is 12.0. The van der Waals surface area contributed by atoms with Crippen LogP contribution in [0.25, 0.3) is 6.08 Å². The van der Waals surface area contributed by atoms with Gasteiger partial charge in [-0.3, -0.25) is 4.79 Å². The lowest BCUT2D eigenvalue weighted by molar-refractivity contribution is -0.115. The molecule has 2 aromatic carbocycles. The van der Waals surface area contributed by atoms with Crippen molar-refractivity contribution in [3.8, 4) is 5.75 Å². The maximum atomic E-state index is 12.0. The van der Waals surface area contributed by atoms with E-state index in [4.69, 9.17) is 0 Å². The van der Waals surface area contributed by atoms with Crippen molar-refractivity contribution in [1.29, 1.82) is 0 Å². The molecule has 0 aromatic heterocycles. The summed E-state index contributed by atoms with van der Waals surface area (Å²) in [6.07, 6.45) is 1.66. The molecule has 0 atom stereocenters. The van der Waals surface area contributed by atoms with Crippen LogP contribution in [0.3, 0.4) is 0 Å². The van der Waals surface area contributed by atoms with E-state index in [9.17, 15) is 9.90 Å². The standard InChI is InChI=1S/C17H14N2O2S/c1-11-6-8-13(9-7-11)18-17-19-16(21)15(22-17)10-12-4-2-3-5-14(12)20/h2-10,20H,1H3,(H,18,19,21). The molecule has 110 valence electrons. The zero-order valence-corrected chi connectivity index (χ0v) is 12.7. The Labute approximate surface area is 132 Å². The third kappa shape index (κ3) is 3.20. The number of aryl methyl sites for hydroxylation is 1. The van der Waals surface area contributed by atoms with Crippen LogP contribution >= 0.6 is 11.8 Å². The normalized spacial score (nSPS) is 18.0. The van der Waals surface area contributed by atoms with E-state index >= 15 is 0 Å². The van der Waals surface area contributed by atoms with E-state index in [1.807, 2.05) is 37.3 Å². The number of nitrogens with zero attached hydrogens (tertiary/aromatic N) is 1. The smallest absolute Gasteiger partial charge is 0.264 e. The summed E-state index contributed by atoms with van der Waals surface area (Å²) in [4.78, 5) is 16.9. The van der Waals surface area contributed by atoms with E-state index in [-0.39, 0.29) is 11.7 Å². The Morgan fingerprint density at radius 3 is 2.59 bits per heavy atom. The Morgan fingerprint density at radius 1 is 1.14 bits per heavy atom. The number of aliphatic imine (C=N–C) groups is 1. The summed E-state index contributed by atoms with van der Waals surface area (Å²) in [7, 11) is 0. The molecule has 22 heavy (non-hydrogen) atoms. The number of phenolic OH excluding ortho intramolecular Hbond substituents is 1. The minimum absolute atomic E-state index is 0.146. The number of amides is 1. The topological polar surface area (TPSA) is 61.7 Å². The lowest BCUT2D eigenvalue weighted by Gasteiger charge is -1.98. The van der Waals surface area contributed by atoms with Crippen LogP contribution in [0.15, 0.2) is 58.4 Å². The van der Waals surface area contributed by atoms with E-state index in [1.165, 1.54) is 11.8 Å². The molecule has 2 aromatic rings. The second kappa shape index (κ2) is 6.07. The van der Waals surface area contributed by atoms with Crippen LogP contribution in [0.5, 0.6) is 5.75 Å². The van der Waals surface area contributed by atoms with E-state index in [2.05, 4.69) is 10.3 Å². The van der Waals surface area contributed by atoms with Crippen LogP contribution in [0.2, 0.25) is 0 Å². The van der Waals surface area contributed by atoms with Crippen molar-refractivity contribution in [3.63, 3.8) is 0 Å². The number of carbonyl (C=O) groups excluding carboxylic acids is 1. The molecule has 3 rings (SSSR count). The third-order valence-electron chi connectivity index (χ3n) is 3.14. The summed E-state index contributed by atoms with van der Waals surface area (Å²) in [5.41, 5.74) is 2.56. The first-order chi connectivity index (χ1) is 10.6. The number of nitrogens with one attached hydrogen (secondary N) is 1. The monoisotopic (exact) mass is 310 g/mol. The van der Waals surface area contributed by atoms with Gasteiger partial charge in [0.25, 0.3) is 5.91 Å². The second-order valence-corrected chi connectivity index (χ2v) is 5.91. The summed E-state index contributed by atoms with van der Waals surface area (Å²) in [5.74, 6) is -0.0635. The highest BCUT2D eigenvalue weighted by Crippen LogP contribution is 2.30. The molecule has 0 bridgehead atoms. The number of hydrogen-bond acceptors (Lipinski definition) is 4. The van der Waals surface area contributed by atoms with E-state index in [0.29, 0.717) is 15.6 Å². The van der Waals surface area contributed by atoms with Crippen molar-refractivity contribution in [1.82, 2.24) is 5.32 Å². The van der Waals surface area contributed by atoms with Gasteiger partial charge in [0, 0.05) is 5.56 Å². The van der Waals surface area contributed by atoms with Crippen LogP contribution in [-0.4, -0.2) is 16.2 Å². The molecule has 0 aliphatic carbocycles. The second-order valence-electron chi connectivity index (χ2n) is 4.88. The van der Waals surface area contributed by atoms with Gasteiger partial charge >= 0.3 is 0 Å². The number of para-hydroxylation sites is 1. The van der Waals surface area contributed by atoms with Crippen molar-refractivity contribution in [2.45, 2.75) is 6.92 Å². The zero-order valence-electron chi connectivity index (χ0n) is 11.9. The number of thioether (sulfide) groups is 1. The highest BCUT2D eigenvalue weighted by molar-refractivity contribution is 8.18. The SMILES string of the molecule is Cc1ccc(N=C2NC(=O)C(=Cc3ccccc3O)S2)cc1. The van der Waals surface area contributed by atoms with E-state index in [1.54, 1.807) is 24.3 Å². The maximum Gasteiger partial charge on any atom is 0.264 e. The molecule has 0 spiro atoms. The van der Waals surface area contributed by atoms with Gasteiger partial charge in [-0.15, -0.1) is 0 Å². The molecular formula is C17H14N2O2S. The molecule has 4 nitrogen and oxygen atoms in total. The zero-order chi connectivity index (χ0) is 15.5. The van der Waals surface area contributed by atoms with Gasteiger partial charge in [-0.2, -0.15) is 0 Å². The van der Waals surface area contributed by atoms with Crippen molar-refractivity contribution >= 4 is 34.6 Å². The molecule has 1 amide bonds. The Hall–Kier alpha value is -2.53. The van der Waals surface area contributed by atoms with Gasteiger partial charge in [0.1, 0.15) is 5.75 Å². The predicted molar refractivity (Wildman–Crippen MR) is 90.1 cm³/mol. The average molecular weight is 310 g/mol. The van der Waals surface area contributed by atoms with Gasteiger partial charge in [0.05, 0.1) is 10.6 Å². The minimum atomic E-state index is -0.209. The Bertz CT molecular complexity index is 780. The number of carbonyl (C=O) groups is 1. The first kappa shape index (κ1) is 14.4. The summed E-state index contributed by atoms with van der Waals surface area (Å²) in [6.45, 7) is 2.01. The van der Waals surface area contributed by atoms with Crippen LogP contribution < -0.4 is 5.32 Å². The molecule has 2 N–H and O–H groups in total. The molecule has 1 aliphatic rings. The molecule has 0 saturated carbocycles. The van der Waals surface area contributed by atoms with Gasteiger partial charge in [-0.05, 0) is 43.0 Å². The van der Waals surface area contributed by atoms with Crippen molar-refractivity contribution < 1.29 is 9.90 Å². The number of phenols is 1. The lowest BCUT2D eigenvalue weighted by Crippen LogP contribution is -2.19. The molecule has 0 radical (unpaired) electrons. The van der Waals surface area contributed by atoms with E-state index < -0.39 is 0 Å². The number of hydrogen-bond donors (Lipinski definition) is 2. The van der Waals surface area contributed by atoms with Gasteiger partial charge in [-0.25, -0.2) is 4.99 Å². The van der Waals surface area contributed by atoms with Crippen LogP contribution in [0.1, 0.15) is 11.1 Å². The number of amidine groups is 1. The van der Waals surface area contributed by atoms with Crippen LogP contribution in [0.4, 0.5) is 5.69 Å². The van der Waals surface area contributed by atoms with Gasteiger partial charge in [0.15, 0.2) is 5.17 Å². The molecular weight excluding hydrogens is 296 g/mol. The van der Waals surface area contributed by atoms with Crippen LogP contribution in [-0.2, 0) is 4.79 Å². The van der Waals surface area contributed by atoms with Crippen molar-refractivity contribution in [2.24, 2.45) is 4.99 Å². The predicted octanol–water partition coefficient (Wildman–Crippen LogP) is 3.59. The van der Waals surface area contributed by atoms with E-state index in [0.717, 1.165) is 11.3 Å². The third-order valence-corrected chi connectivity index (χ3v) is 4.05. The summed E-state index contributed by atoms with van der Waals surface area (Å²) >= 11 is 1.26. The van der Waals surface area contributed by atoms with Crippen molar-refractivity contribution in [2.75, 3.05) is 0 Å². The first-order valence-corrected chi connectivity index (χ1v) is 7.58.